The molecule has 1 N–H and O–H groups in total. The molecule has 37 heavy (non-hydrogen) atoms. The van der Waals surface area contributed by atoms with Crippen LogP contribution in [-0.4, -0.2) is 48.6 Å². The van der Waals surface area contributed by atoms with E-state index in [1.165, 1.54) is 12.0 Å². The molecule has 2 aliphatic heterocycles. The zero-order valence-electron chi connectivity index (χ0n) is 21.1. The van der Waals surface area contributed by atoms with E-state index < -0.39 is 17.7 Å². The number of fused-ring (bicyclic) bond motifs is 1. The van der Waals surface area contributed by atoms with E-state index in [2.05, 4.69) is 0 Å². The Balaban J connectivity index is 1.60. The number of methoxy groups -OCH3 is 2. The summed E-state index contributed by atoms with van der Waals surface area (Å²) in [5.74, 6) is 0.204. The van der Waals surface area contributed by atoms with Gasteiger partial charge in [0.1, 0.15) is 17.6 Å². The molecule has 7 nitrogen and oxygen atoms in total. The minimum absolute atomic E-state index is 0.0442. The Hall–Kier alpha value is -4.26. The number of amides is 1. The molecule has 0 bridgehead atoms. The van der Waals surface area contributed by atoms with Crippen molar-refractivity contribution >= 4 is 17.4 Å². The molecular formula is C30H29NO6. The zero-order chi connectivity index (χ0) is 26.1. The van der Waals surface area contributed by atoms with Gasteiger partial charge in [-0.3, -0.25) is 9.59 Å². The molecule has 3 aromatic carbocycles. The molecule has 2 atom stereocenters. The van der Waals surface area contributed by atoms with Crippen LogP contribution in [0.15, 0.2) is 72.3 Å². The Morgan fingerprint density at radius 2 is 1.76 bits per heavy atom. The minimum atomic E-state index is -0.785. The second-order valence-corrected chi connectivity index (χ2v) is 9.30. The predicted octanol–water partition coefficient (Wildman–Crippen LogP) is 4.69. The molecule has 2 aliphatic rings. The molecule has 1 amide bonds. The number of rotatable bonds is 7. The highest BCUT2D eigenvalue weighted by molar-refractivity contribution is 6.46. The molecule has 1 fully saturated rings. The van der Waals surface area contributed by atoms with Crippen molar-refractivity contribution < 1.29 is 28.9 Å². The zero-order valence-corrected chi connectivity index (χ0v) is 21.1. The van der Waals surface area contributed by atoms with E-state index >= 15 is 0 Å². The second-order valence-electron chi connectivity index (χ2n) is 9.30. The lowest BCUT2D eigenvalue weighted by Gasteiger charge is -2.26. The highest BCUT2D eigenvalue weighted by Crippen LogP contribution is 2.42. The third kappa shape index (κ3) is 4.53. The molecule has 7 heteroatoms. The van der Waals surface area contributed by atoms with Crippen LogP contribution in [0, 0.1) is 0 Å². The van der Waals surface area contributed by atoms with Crippen molar-refractivity contribution in [3.63, 3.8) is 0 Å². The number of ketones is 1. The van der Waals surface area contributed by atoms with Gasteiger partial charge in [-0.1, -0.05) is 36.4 Å². The number of Topliss-reactive ketones (excluding diaryl/α,β-unsaturated/α-hetero) is 1. The summed E-state index contributed by atoms with van der Waals surface area (Å²) >= 11 is 0. The standard InChI is InChI=1S/C30H29NO6/c1-18-15-22-16-21(10-11-23(22)37-18)28(32)26-27(20-9-12-24(35-2)25(17-20)36-3)31(30(34)29(26)33)14-13-19-7-5-4-6-8-19/h4-12,16-18,27,32H,13-15H2,1-3H3/t18-,27-/m0/s1. The van der Waals surface area contributed by atoms with Crippen LogP contribution in [-0.2, 0) is 22.4 Å². The number of ether oxygens (including phenoxy) is 3. The lowest BCUT2D eigenvalue weighted by Crippen LogP contribution is -2.31. The monoisotopic (exact) mass is 499 g/mol. The summed E-state index contributed by atoms with van der Waals surface area (Å²) in [6.07, 6.45) is 1.31. The number of aliphatic hydroxyl groups excluding tert-OH is 1. The normalized spacial score (nSPS) is 20.0. The Morgan fingerprint density at radius 3 is 2.49 bits per heavy atom. The summed E-state index contributed by atoms with van der Waals surface area (Å²) < 4.78 is 16.6. The maximum Gasteiger partial charge on any atom is 0.295 e. The fraction of sp³-hybridized carbons (Fsp3) is 0.267. The molecular weight excluding hydrogens is 470 g/mol. The van der Waals surface area contributed by atoms with Crippen LogP contribution >= 0.6 is 0 Å². The summed E-state index contributed by atoms with van der Waals surface area (Å²) in [6.45, 7) is 2.29. The van der Waals surface area contributed by atoms with Gasteiger partial charge in [0.05, 0.1) is 25.8 Å². The Kier molecular flexibility index (Phi) is 6.61. The van der Waals surface area contributed by atoms with Gasteiger partial charge in [0.15, 0.2) is 11.5 Å². The van der Waals surface area contributed by atoms with Crippen molar-refractivity contribution in [1.29, 1.82) is 0 Å². The van der Waals surface area contributed by atoms with Crippen LogP contribution in [0.25, 0.3) is 5.76 Å². The molecule has 0 radical (unpaired) electrons. The first kappa shape index (κ1) is 24.4. The first-order valence-corrected chi connectivity index (χ1v) is 12.3. The maximum atomic E-state index is 13.4. The number of likely N-dealkylation sites (tertiary alicyclic amines) is 1. The molecule has 190 valence electrons. The third-order valence-electron chi connectivity index (χ3n) is 6.92. The minimum Gasteiger partial charge on any atom is -0.507 e. The number of nitrogens with zero attached hydrogens (tertiary/aromatic N) is 1. The lowest BCUT2D eigenvalue weighted by atomic mass is 9.94. The molecule has 3 aromatic rings. The van der Waals surface area contributed by atoms with Gasteiger partial charge in [-0.2, -0.15) is 0 Å². The maximum absolute atomic E-state index is 13.4. The molecule has 0 unspecified atom stereocenters. The van der Waals surface area contributed by atoms with Gasteiger partial charge in [0, 0.05) is 18.5 Å². The largest absolute Gasteiger partial charge is 0.507 e. The Labute approximate surface area is 215 Å². The van der Waals surface area contributed by atoms with Gasteiger partial charge in [-0.15, -0.1) is 0 Å². The summed E-state index contributed by atoms with van der Waals surface area (Å²) in [5.41, 5.74) is 3.17. The average molecular weight is 500 g/mol. The van der Waals surface area contributed by atoms with Crippen LogP contribution in [0.4, 0.5) is 0 Å². The fourth-order valence-corrected chi connectivity index (χ4v) is 5.10. The van der Waals surface area contributed by atoms with E-state index in [1.54, 1.807) is 37.4 Å². The summed E-state index contributed by atoms with van der Waals surface area (Å²) in [4.78, 5) is 28.2. The van der Waals surface area contributed by atoms with Crippen molar-refractivity contribution in [2.45, 2.75) is 31.9 Å². The van der Waals surface area contributed by atoms with E-state index in [1.807, 2.05) is 43.3 Å². The van der Waals surface area contributed by atoms with E-state index in [0.717, 1.165) is 16.9 Å². The van der Waals surface area contributed by atoms with Crippen LogP contribution in [0.2, 0.25) is 0 Å². The molecule has 0 spiro atoms. The molecule has 0 saturated carbocycles. The predicted molar refractivity (Wildman–Crippen MR) is 139 cm³/mol. The Morgan fingerprint density at radius 1 is 1.00 bits per heavy atom. The highest BCUT2D eigenvalue weighted by atomic mass is 16.5. The van der Waals surface area contributed by atoms with E-state index in [-0.39, 0.29) is 17.4 Å². The van der Waals surface area contributed by atoms with Crippen LogP contribution in [0.5, 0.6) is 17.2 Å². The number of aliphatic hydroxyl groups is 1. The third-order valence-corrected chi connectivity index (χ3v) is 6.92. The van der Waals surface area contributed by atoms with Gasteiger partial charge in [-0.05, 0) is 60.4 Å². The van der Waals surface area contributed by atoms with Crippen molar-refractivity contribution in [1.82, 2.24) is 4.90 Å². The van der Waals surface area contributed by atoms with Gasteiger partial charge in [0.25, 0.3) is 11.7 Å². The number of carbonyl (C=O) groups is 2. The highest BCUT2D eigenvalue weighted by Gasteiger charge is 2.46. The number of hydrogen-bond acceptors (Lipinski definition) is 6. The van der Waals surface area contributed by atoms with Gasteiger partial charge in [0.2, 0.25) is 0 Å². The van der Waals surface area contributed by atoms with Gasteiger partial charge < -0.3 is 24.2 Å². The molecule has 1 saturated heterocycles. The van der Waals surface area contributed by atoms with Crippen LogP contribution in [0.1, 0.15) is 35.2 Å². The van der Waals surface area contributed by atoms with Crippen LogP contribution in [0.3, 0.4) is 0 Å². The first-order valence-electron chi connectivity index (χ1n) is 12.3. The quantitative estimate of drug-likeness (QED) is 0.288. The average Bonchev–Trinajstić information content (AvgIpc) is 3.42. The molecule has 0 aliphatic carbocycles. The summed E-state index contributed by atoms with van der Waals surface area (Å²) in [5, 5.41) is 11.5. The second kappa shape index (κ2) is 10.0. The van der Waals surface area contributed by atoms with E-state index in [0.29, 0.717) is 42.0 Å². The van der Waals surface area contributed by atoms with Crippen molar-refractivity contribution in [3.8, 4) is 17.2 Å². The molecule has 5 rings (SSSR count). The molecule has 0 aromatic heterocycles. The summed E-state index contributed by atoms with van der Waals surface area (Å²) in [7, 11) is 3.07. The van der Waals surface area contributed by atoms with E-state index in [9.17, 15) is 14.7 Å². The first-order chi connectivity index (χ1) is 17.9. The number of benzene rings is 3. The fourth-order valence-electron chi connectivity index (χ4n) is 5.10. The van der Waals surface area contributed by atoms with Gasteiger partial charge >= 0.3 is 0 Å². The Bertz CT molecular complexity index is 1380. The number of carbonyl (C=O) groups excluding carboxylic acids is 2. The number of hydrogen-bond donors (Lipinski definition) is 1. The van der Waals surface area contributed by atoms with Crippen LogP contribution < -0.4 is 14.2 Å². The van der Waals surface area contributed by atoms with E-state index in [4.69, 9.17) is 14.2 Å². The van der Waals surface area contributed by atoms with Crippen molar-refractivity contribution in [2.24, 2.45) is 0 Å². The summed E-state index contributed by atoms with van der Waals surface area (Å²) in [6, 6.07) is 19.6. The molecule has 2 heterocycles. The lowest BCUT2D eigenvalue weighted by molar-refractivity contribution is -0.139. The van der Waals surface area contributed by atoms with Crippen molar-refractivity contribution in [3.05, 3.63) is 94.6 Å². The SMILES string of the molecule is COc1ccc([C@H]2C(=C(O)c3ccc4c(c3)C[C@H](C)O4)C(=O)C(=O)N2CCc2ccccc2)cc1OC. The van der Waals surface area contributed by atoms with Gasteiger partial charge in [-0.25, -0.2) is 0 Å². The topological polar surface area (TPSA) is 85.3 Å². The smallest absolute Gasteiger partial charge is 0.295 e. The van der Waals surface area contributed by atoms with Crippen molar-refractivity contribution in [2.75, 3.05) is 20.8 Å².